The molecule has 1 unspecified atom stereocenters. The lowest BCUT2D eigenvalue weighted by atomic mass is 10.1. The van der Waals surface area contributed by atoms with E-state index in [1.807, 2.05) is 0 Å². The molecule has 0 saturated carbocycles. The third-order valence-corrected chi connectivity index (χ3v) is 6.66. The molecule has 2 fully saturated rings. The van der Waals surface area contributed by atoms with Gasteiger partial charge < -0.3 is 15.4 Å². The van der Waals surface area contributed by atoms with E-state index in [-0.39, 0.29) is 22.6 Å². The number of carbonyl (C=O) groups is 1. The molecule has 7 nitrogen and oxygen atoms in total. The van der Waals surface area contributed by atoms with Crippen molar-refractivity contribution in [3.8, 4) is 5.75 Å². The lowest BCUT2D eigenvalue weighted by Crippen LogP contribution is -2.45. The van der Waals surface area contributed by atoms with Crippen LogP contribution in [-0.4, -0.2) is 58.0 Å². The standard InChI is InChI=1S/C17H25N3O4S/c1-24-15-7-6-13(17(21)19-14-5-4-8-18-12-14)11-16(15)25(22,23)20-9-2-3-10-20/h6-7,11,14,18H,2-5,8-10,12H2,1H3,(H,19,21). The number of sulfonamides is 1. The van der Waals surface area contributed by atoms with E-state index in [9.17, 15) is 13.2 Å². The van der Waals surface area contributed by atoms with Gasteiger partial charge in [-0.05, 0) is 50.4 Å². The molecule has 2 aliphatic heterocycles. The van der Waals surface area contributed by atoms with Crippen molar-refractivity contribution in [3.05, 3.63) is 23.8 Å². The van der Waals surface area contributed by atoms with Gasteiger partial charge in [0.1, 0.15) is 10.6 Å². The van der Waals surface area contributed by atoms with Crippen molar-refractivity contribution in [1.82, 2.24) is 14.9 Å². The number of hydrogen-bond acceptors (Lipinski definition) is 5. The molecule has 1 aromatic carbocycles. The summed E-state index contributed by atoms with van der Waals surface area (Å²) in [6, 6.07) is 4.66. The minimum absolute atomic E-state index is 0.0614. The van der Waals surface area contributed by atoms with Crippen LogP contribution >= 0.6 is 0 Å². The first kappa shape index (κ1) is 18.2. The number of amides is 1. The van der Waals surface area contributed by atoms with Crippen molar-refractivity contribution in [3.63, 3.8) is 0 Å². The molecular formula is C17H25N3O4S. The predicted molar refractivity (Wildman–Crippen MR) is 94.3 cm³/mol. The van der Waals surface area contributed by atoms with Crippen LogP contribution in [0.1, 0.15) is 36.0 Å². The van der Waals surface area contributed by atoms with Gasteiger partial charge in [0, 0.05) is 31.2 Å². The minimum Gasteiger partial charge on any atom is -0.495 e. The van der Waals surface area contributed by atoms with E-state index < -0.39 is 10.0 Å². The number of ether oxygens (including phenoxy) is 1. The fraction of sp³-hybridized carbons (Fsp3) is 0.588. The van der Waals surface area contributed by atoms with E-state index in [0.29, 0.717) is 18.7 Å². The summed E-state index contributed by atoms with van der Waals surface area (Å²) in [5, 5.41) is 6.22. The van der Waals surface area contributed by atoms with Gasteiger partial charge in [0.05, 0.1) is 7.11 Å². The summed E-state index contributed by atoms with van der Waals surface area (Å²) in [7, 11) is -2.22. The van der Waals surface area contributed by atoms with Crippen LogP contribution in [0.25, 0.3) is 0 Å². The van der Waals surface area contributed by atoms with E-state index in [1.165, 1.54) is 17.5 Å². The lowest BCUT2D eigenvalue weighted by molar-refractivity contribution is 0.0930. The Bertz CT molecular complexity index is 723. The second-order valence-electron chi connectivity index (χ2n) is 6.49. The van der Waals surface area contributed by atoms with E-state index in [1.54, 1.807) is 12.1 Å². The lowest BCUT2D eigenvalue weighted by Gasteiger charge is -2.24. The van der Waals surface area contributed by atoms with E-state index >= 15 is 0 Å². The maximum absolute atomic E-state index is 12.9. The van der Waals surface area contributed by atoms with Crippen LogP contribution in [0, 0.1) is 0 Å². The third-order valence-electron chi connectivity index (χ3n) is 4.74. The molecule has 2 saturated heterocycles. The summed E-state index contributed by atoms with van der Waals surface area (Å²) in [4.78, 5) is 12.6. The molecule has 0 aromatic heterocycles. The second kappa shape index (κ2) is 7.72. The number of hydrogen-bond donors (Lipinski definition) is 2. The normalized spacial score (nSPS) is 21.9. The molecule has 0 radical (unpaired) electrons. The van der Waals surface area contributed by atoms with E-state index in [4.69, 9.17) is 4.74 Å². The van der Waals surface area contributed by atoms with Gasteiger partial charge in [0.25, 0.3) is 5.91 Å². The second-order valence-corrected chi connectivity index (χ2v) is 8.40. The molecule has 2 N–H and O–H groups in total. The van der Waals surface area contributed by atoms with Crippen LogP contribution in [0.2, 0.25) is 0 Å². The van der Waals surface area contributed by atoms with Crippen molar-refractivity contribution in [2.24, 2.45) is 0 Å². The molecule has 1 aromatic rings. The Balaban J connectivity index is 1.85. The maximum Gasteiger partial charge on any atom is 0.251 e. The highest BCUT2D eigenvalue weighted by molar-refractivity contribution is 7.89. The molecule has 25 heavy (non-hydrogen) atoms. The van der Waals surface area contributed by atoms with Crippen molar-refractivity contribution >= 4 is 15.9 Å². The smallest absolute Gasteiger partial charge is 0.251 e. The van der Waals surface area contributed by atoms with Crippen LogP contribution in [0.5, 0.6) is 5.75 Å². The number of nitrogens with zero attached hydrogens (tertiary/aromatic N) is 1. The predicted octanol–water partition coefficient (Wildman–Crippen LogP) is 0.961. The van der Waals surface area contributed by atoms with Crippen LogP contribution in [-0.2, 0) is 10.0 Å². The Morgan fingerprint density at radius 1 is 1.28 bits per heavy atom. The molecule has 0 spiro atoms. The zero-order valence-corrected chi connectivity index (χ0v) is 15.3. The van der Waals surface area contributed by atoms with Crippen molar-refractivity contribution < 1.29 is 17.9 Å². The van der Waals surface area contributed by atoms with Gasteiger partial charge in [0.15, 0.2) is 0 Å². The summed E-state index contributed by atoms with van der Waals surface area (Å²) in [5.41, 5.74) is 0.337. The molecule has 138 valence electrons. The molecule has 1 amide bonds. The average Bonchev–Trinajstić information content (AvgIpc) is 3.17. The molecule has 2 heterocycles. The van der Waals surface area contributed by atoms with Gasteiger partial charge in [-0.15, -0.1) is 0 Å². The van der Waals surface area contributed by atoms with Crippen molar-refractivity contribution in [2.45, 2.75) is 36.6 Å². The quantitative estimate of drug-likeness (QED) is 0.809. The number of benzene rings is 1. The highest BCUT2D eigenvalue weighted by atomic mass is 32.2. The van der Waals surface area contributed by atoms with Crippen LogP contribution in [0.15, 0.2) is 23.1 Å². The molecule has 1 atom stereocenters. The fourth-order valence-electron chi connectivity index (χ4n) is 3.33. The number of rotatable bonds is 5. The molecular weight excluding hydrogens is 342 g/mol. The monoisotopic (exact) mass is 367 g/mol. The Morgan fingerprint density at radius 3 is 2.68 bits per heavy atom. The zero-order valence-electron chi connectivity index (χ0n) is 14.5. The van der Waals surface area contributed by atoms with Gasteiger partial charge in [0.2, 0.25) is 10.0 Å². The third kappa shape index (κ3) is 3.96. The average molecular weight is 367 g/mol. The Hall–Kier alpha value is -1.64. The summed E-state index contributed by atoms with van der Waals surface area (Å²) in [5.74, 6) is 0.0111. The highest BCUT2D eigenvalue weighted by Gasteiger charge is 2.31. The maximum atomic E-state index is 12.9. The van der Waals surface area contributed by atoms with Crippen molar-refractivity contribution in [2.75, 3.05) is 33.3 Å². The van der Waals surface area contributed by atoms with Gasteiger partial charge >= 0.3 is 0 Å². The van der Waals surface area contributed by atoms with Gasteiger partial charge in [-0.1, -0.05) is 0 Å². The van der Waals surface area contributed by atoms with E-state index in [0.717, 1.165) is 38.8 Å². The summed E-state index contributed by atoms with van der Waals surface area (Å²) in [6.45, 7) is 2.72. The molecule has 0 bridgehead atoms. The Labute approximate surface area is 148 Å². The first-order valence-corrected chi connectivity index (χ1v) is 10.2. The van der Waals surface area contributed by atoms with Crippen LogP contribution in [0.3, 0.4) is 0 Å². The number of nitrogens with one attached hydrogen (secondary N) is 2. The van der Waals surface area contributed by atoms with Gasteiger partial charge in [-0.25, -0.2) is 8.42 Å². The summed E-state index contributed by atoms with van der Waals surface area (Å²) < 4.78 is 32.5. The SMILES string of the molecule is COc1ccc(C(=O)NC2CCCNC2)cc1S(=O)(=O)N1CCCC1. The largest absolute Gasteiger partial charge is 0.495 e. The molecule has 8 heteroatoms. The van der Waals surface area contributed by atoms with Gasteiger partial charge in [-0.3, -0.25) is 4.79 Å². The van der Waals surface area contributed by atoms with Crippen LogP contribution < -0.4 is 15.4 Å². The topological polar surface area (TPSA) is 87.7 Å². The molecule has 3 rings (SSSR count). The number of methoxy groups -OCH3 is 1. The van der Waals surface area contributed by atoms with E-state index in [2.05, 4.69) is 10.6 Å². The Kier molecular flexibility index (Phi) is 5.61. The number of carbonyl (C=O) groups excluding carboxylic acids is 1. The highest BCUT2D eigenvalue weighted by Crippen LogP contribution is 2.29. The first-order valence-electron chi connectivity index (χ1n) is 8.72. The summed E-state index contributed by atoms with van der Waals surface area (Å²) >= 11 is 0. The summed E-state index contributed by atoms with van der Waals surface area (Å²) in [6.07, 6.45) is 3.66. The Morgan fingerprint density at radius 2 is 2.04 bits per heavy atom. The van der Waals surface area contributed by atoms with Crippen molar-refractivity contribution in [1.29, 1.82) is 0 Å². The molecule has 0 aliphatic carbocycles. The molecule has 2 aliphatic rings. The number of piperidine rings is 1. The van der Waals surface area contributed by atoms with Crippen LogP contribution in [0.4, 0.5) is 0 Å². The minimum atomic E-state index is -3.65. The first-order chi connectivity index (χ1) is 12.0. The zero-order chi connectivity index (χ0) is 17.9. The van der Waals surface area contributed by atoms with Gasteiger partial charge in [-0.2, -0.15) is 4.31 Å². The fourth-order valence-corrected chi connectivity index (χ4v) is 5.03.